The molecule has 0 heterocycles. The molecule has 19 heavy (non-hydrogen) atoms. The maximum atomic E-state index is 12.0. The van der Waals surface area contributed by atoms with E-state index < -0.39 is 0 Å². The SMILES string of the molecule is CCCN(CC(=O)N(C)C)C1CC(C)CCC1CN. The predicted molar refractivity (Wildman–Crippen MR) is 79.9 cm³/mol. The van der Waals surface area contributed by atoms with E-state index in [0.29, 0.717) is 18.5 Å². The second-order valence-corrected chi connectivity index (χ2v) is 6.24. The first-order chi connectivity index (χ1) is 8.99. The Balaban J connectivity index is 2.73. The van der Waals surface area contributed by atoms with Crippen molar-refractivity contribution in [3.05, 3.63) is 0 Å². The van der Waals surface area contributed by atoms with Crippen LogP contribution in [-0.2, 0) is 4.79 Å². The van der Waals surface area contributed by atoms with Crippen LogP contribution in [0.15, 0.2) is 0 Å². The van der Waals surface area contributed by atoms with Gasteiger partial charge in [-0.2, -0.15) is 0 Å². The molecular formula is C15H31N3O. The smallest absolute Gasteiger partial charge is 0.236 e. The van der Waals surface area contributed by atoms with E-state index >= 15 is 0 Å². The van der Waals surface area contributed by atoms with Gasteiger partial charge in [-0.15, -0.1) is 0 Å². The molecule has 0 saturated heterocycles. The molecule has 1 aliphatic rings. The Bertz CT molecular complexity index is 281. The van der Waals surface area contributed by atoms with Crippen LogP contribution >= 0.6 is 0 Å². The number of likely N-dealkylation sites (N-methyl/N-ethyl adjacent to an activating group) is 1. The molecular weight excluding hydrogens is 238 g/mol. The third kappa shape index (κ3) is 4.77. The fourth-order valence-electron chi connectivity index (χ4n) is 3.10. The Morgan fingerprint density at radius 3 is 2.53 bits per heavy atom. The minimum absolute atomic E-state index is 0.197. The Labute approximate surface area is 118 Å². The maximum Gasteiger partial charge on any atom is 0.236 e. The van der Waals surface area contributed by atoms with E-state index in [4.69, 9.17) is 5.73 Å². The summed E-state index contributed by atoms with van der Waals surface area (Å²) in [7, 11) is 3.66. The lowest BCUT2D eigenvalue weighted by atomic mass is 9.78. The Morgan fingerprint density at radius 1 is 1.32 bits per heavy atom. The average Bonchev–Trinajstić information content (AvgIpc) is 2.37. The first kappa shape index (κ1) is 16.4. The lowest BCUT2D eigenvalue weighted by molar-refractivity contribution is -0.131. The van der Waals surface area contributed by atoms with Crippen LogP contribution in [0, 0.1) is 11.8 Å². The van der Waals surface area contributed by atoms with Gasteiger partial charge in [0, 0.05) is 20.1 Å². The van der Waals surface area contributed by atoms with Gasteiger partial charge in [0.25, 0.3) is 0 Å². The third-order valence-electron chi connectivity index (χ3n) is 4.34. The van der Waals surface area contributed by atoms with Crippen LogP contribution in [0.5, 0.6) is 0 Å². The topological polar surface area (TPSA) is 49.6 Å². The minimum atomic E-state index is 0.197. The summed E-state index contributed by atoms with van der Waals surface area (Å²) in [5.41, 5.74) is 5.94. The highest BCUT2D eigenvalue weighted by Crippen LogP contribution is 2.31. The summed E-state index contributed by atoms with van der Waals surface area (Å²) >= 11 is 0. The zero-order valence-electron chi connectivity index (χ0n) is 13.1. The summed E-state index contributed by atoms with van der Waals surface area (Å²) in [5.74, 6) is 1.50. The number of carbonyl (C=O) groups excluding carboxylic acids is 1. The largest absolute Gasteiger partial charge is 0.348 e. The van der Waals surface area contributed by atoms with Gasteiger partial charge in [-0.1, -0.05) is 20.3 Å². The fraction of sp³-hybridized carbons (Fsp3) is 0.933. The maximum absolute atomic E-state index is 12.0. The molecule has 0 bridgehead atoms. The van der Waals surface area contributed by atoms with Crippen molar-refractivity contribution in [3.63, 3.8) is 0 Å². The molecule has 0 aromatic rings. The fourth-order valence-corrected chi connectivity index (χ4v) is 3.10. The van der Waals surface area contributed by atoms with Crippen molar-refractivity contribution in [2.45, 2.75) is 45.6 Å². The summed E-state index contributed by atoms with van der Waals surface area (Å²) < 4.78 is 0. The number of nitrogens with two attached hydrogens (primary N) is 1. The van der Waals surface area contributed by atoms with Crippen molar-refractivity contribution in [2.75, 3.05) is 33.7 Å². The summed E-state index contributed by atoms with van der Waals surface area (Å²) in [5, 5.41) is 0. The van der Waals surface area contributed by atoms with Crippen LogP contribution in [-0.4, -0.2) is 55.5 Å². The zero-order valence-corrected chi connectivity index (χ0v) is 13.1. The highest BCUT2D eigenvalue weighted by molar-refractivity contribution is 5.77. The highest BCUT2D eigenvalue weighted by Gasteiger charge is 2.32. The van der Waals surface area contributed by atoms with Gasteiger partial charge in [-0.25, -0.2) is 0 Å². The molecule has 2 N–H and O–H groups in total. The summed E-state index contributed by atoms with van der Waals surface area (Å²) in [6.07, 6.45) is 4.75. The number of hydrogen-bond acceptors (Lipinski definition) is 3. The number of hydrogen-bond donors (Lipinski definition) is 1. The molecule has 1 fully saturated rings. The van der Waals surface area contributed by atoms with Crippen molar-refractivity contribution in [1.29, 1.82) is 0 Å². The first-order valence-electron chi connectivity index (χ1n) is 7.63. The van der Waals surface area contributed by atoms with Gasteiger partial charge in [-0.05, 0) is 44.2 Å². The standard InChI is InChI=1S/C15H31N3O/c1-5-8-18(11-15(19)17(3)4)14-9-12(2)6-7-13(14)10-16/h12-14H,5-11,16H2,1-4H3. The molecule has 1 rings (SSSR count). The number of carbonyl (C=O) groups is 1. The second kappa shape index (κ2) is 7.85. The van der Waals surface area contributed by atoms with Crippen LogP contribution in [0.1, 0.15) is 39.5 Å². The Morgan fingerprint density at radius 2 is 2.00 bits per heavy atom. The van der Waals surface area contributed by atoms with Crippen LogP contribution in [0.4, 0.5) is 0 Å². The van der Waals surface area contributed by atoms with Gasteiger partial charge in [0.05, 0.1) is 6.54 Å². The molecule has 4 heteroatoms. The summed E-state index contributed by atoms with van der Waals surface area (Å²) in [6.45, 7) is 6.77. The molecule has 0 aromatic heterocycles. The van der Waals surface area contributed by atoms with Crippen LogP contribution in [0.3, 0.4) is 0 Å². The van der Waals surface area contributed by atoms with Crippen molar-refractivity contribution in [1.82, 2.24) is 9.80 Å². The third-order valence-corrected chi connectivity index (χ3v) is 4.34. The molecule has 3 atom stereocenters. The average molecular weight is 269 g/mol. The molecule has 0 aliphatic heterocycles. The van der Waals surface area contributed by atoms with E-state index in [1.807, 2.05) is 14.1 Å². The van der Waals surface area contributed by atoms with E-state index in [0.717, 1.165) is 25.4 Å². The summed E-state index contributed by atoms with van der Waals surface area (Å²) in [4.78, 5) is 16.1. The molecule has 1 aliphatic carbocycles. The molecule has 4 nitrogen and oxygen atoms in total. The first-order valence-corrected chi connectivity index (χ1v) is 7.63. The number of nitrogens with zero attached hydrogens (tertiary/aromatic N) is 2. The molecule has 1 saturated carbocycles. The van der Waals surface area contributed by atoms with Crippen LogP contribution < -0.4 is 5.73 Å². The van der Waals surface area contributed by atoms with Gasteiger partial charge in [0.2, 0.25) is 5.91 Å². The highest BCUT2D eigenvalue weighted by atomic mass is 16.2. The number of amides is 1. The Hall–Kier alpha value is -0.610. The van der Waals surface area contributed by atoms with Crippen LogP contribution in [0.2, 0.25) is 0 Å². The Kier molecular flexibility index (Phi) is 6.80. The van der Waals surface area contributed by atoms with E-state index in [-0.39, 0.29) is 5.91 Å². The van der Waals surface area contributed by atoms with E-state index in [1.54, 1.807) is 4.90 Å². The number of rotatable bonds is 6. The molecule has 112 valence electrons. The van der Waals surface area contributed by atoms with Gasteiger partial charge < -0.3 is 10.6 Å². The lowest BCUT2D eigenvalue weighted by Gasteiger charge is -2.41. The van der Waals surface area contributed by atoms with Gasteiger partial charge >= 0.3 is 0 Å². The van der Waals surface area contributed by atoms with E-state index in [9.17, 15) is 4.79 Å². The van der Waals surface area contributed by atoms with Crippen molar-refractivity contribution in [3.8, 4) is 0 Å². The second-order valence-electron chi connectivity index (χ2n) is 6.24. The van der Waals surface area contributed by atoms with Gasteiger partial charge in [0.1, 0.15) is 0 Å². The zero-order chi connectivity index (χ0) is 14.4. The van der Waals surface area contributed by atoms with Crippen molar-refractivity contribution < 1.29 is 4.79 Å². The normalized spacial score (nSPS) is 27.6. The molecule has 3 unspecified atom stereocenters. The van der Waals surface area contributed by atoms with Gasteiger partial charge in [-0.3, -0.25) is 9.69 Å². The minimum Gasteiger partial charge on any atom is -0.348 e. The predicted octanol–water partition coefficient (Wildman–Crippen LogP) is 1.55. The monoisotopic (exact) mass is 269 g/mol. The van der Waals surface area contributed by atoms with Gasteiger partial charge in [0.15, 0.2) is 0 Å². The van der Waals surface area contributed by atoms with Crippen LogP contribution in [0.25, 0.3) is 0 Å². The molecule has 0 radical (unpaired) electrons. The summed E-state index contributed by atoms with van der Waals surface area (Å²) in [6, 6.07) is 0.484. The quantitative estimate of drug-likeness (QED) is 0.796. The van der Waals surface area contributed by atoms with Crippen molar-refractivity contribution in [2.24, 2.45) is 17.6 Å². The van der Waals surface area contributed by atoms with E-state index in [2.05, 4.69) is 18.7 Å². The molecule has 1 amide bonds. The molecule has 0 aromatic carbocycles. The van der Waals surface area contributed by atoms with Crippen molar-refractivity contribution >= 4 is 5.91 Å². The molecule has 0 spiro atoms. The van der Waals surface area contributed by atoms with E-state index in [1.165, 1.54) is 19.3 Å². The lowest BCUT2D eigenvalue weighted by Crippen LogP contribution is -2.50.